The number of benzene rings is 1. The molecule has 96 valence electrons. The molecule has 1 atom stereocenters. The zero-order valence-electron chi connectivity index (χ0n) is 9.60. The van der Waals surface area contributed by atoms with Crippen LogP contribution in [0.4, 0.5) is 0 Å². The van der Waals surface area contributed by atoms with E-state index in [1.807, 2.05) is 0 Å². The molecule has 0 spiro atoms. The van der Waals surface area contributed by atoms with Gasteiger partial charge in [-0.25, -0.2) is 0 Å². The van der Waals surface area contributed by atoms with Crippen LogP contribution in [0.3, 0.4) is 0 Å². The van der Waals surface area contributed by atoms with Crippen molar-refractivity contribution in [3.05, 3.63) is 29.3 Å². The molecule has 0 aliphatic heterocycles. The Morgan fingerprint density at radius 3 is 2.65 bits per heavy atom. The summed E-state index contributed by atoms with van der Waals surface area (Å²) in [5.41, 5.74) is 0. The van der Waals surface area contributed by atoms with Gasteiger partial charge in [-0.3, -0.25) is 0 Å². The topological polar surface area (TPSA) is 61.7 Å². The van der Waals surface area contributed by atoms with Crippen LogP contribution in [0.15, 0.2) is 24.3 Å². The number of nitrogens with one attached hydrogen (secondary N) is 1. The molecule has 0 aliphatic carbocycles. The Labute approximate surface area is 106 Å². The van der Waals surface area contributed by atoms with Gasteiger partial charge in [0.1, 0.15) is 18.5 Å². The fourth-order valence-electron chi connectivity index (χ4n) is 1.25. The Kier molecular flexibility index (Phi) is 6.96. The van der Waals surface area contributed by atoms with Gasteiger partial charge in [-0.2, -0.15) is 0 Å². The Hall–Kier alpha value is -0.810. The summed E-state index contributed by atoms with van der Waals surface area (Å²) in [5, 5.41) is 21.8. The minimum absolute atomic E-state index is 0.157. The normalized spacial score (nSPS) is 12.4. The number of ether oxygens (including phenoxy) is 1. The predicted molar refractivity (Wildman–Crippen MR) is 67.5 cm³/mol. The summed E-state index contributed by atoms with van der Waals surface area (Å²) in [4.78, 5) is 0. The highest BCUT2D eigenvalue weighted by Crippen LogP contribution is 2.15. The van der Waals surface area contributed by atoms with Crippen molar-refractivity contribution >= 4 is 11.6 Å². The molecule has 5 heteroatoms. The smallest absolute Gasteiger partial charge is 0.119 e. The third-order valence-corrected chi connectivity index (χ3v) is 2.40. The second kappa shape index (κ2) is 8.31. The number of aliphatic hydroxyl groups is 2. The van der Waals surface area contributed by atoms with Crippen molar-refractivity contribution < 1.29 is 14.9 Å². The van der Waals surface area contributed by atoms with E-state index in [1.165, 1.54) is 0 Å². The molecular formula is C12H18ClNO3. The van der Waals surface area contributed by atoms with Crippen LogP contribution >= 0.6 is 11.6 Å². The monoisotopic (exact) mass is 259 g/mol. The van der Waals surface area contributed by atoms with Gasteiger partial charge < -0.3 is 20.3 Å². The van der Waals surface area contributed by atoms with Crippen molar-refractivity contribution in [2.45, 2.75) is 12.5 Å². The molecule has 0 heterocycles. The van der Waals surface area contributed by atoms with Gasteiger partial charge in [0.15, 0.2) is 0 Å². The van der Waals surface area contributed by atoms with Gasteiger partial charge in [-0.05, 0) is 37.2 Å². The van der Waals surface area contributed by atoms with Crippen LogP contribution in [0.2, 0.25) is 5.02 Å². The van der Waals surface area contributed by atoms with E-state index in [1.54, 1.807) is 24.3 Å². The maximum atomic E-state index is 9.59. The number of rotatable bonds is 8. The molecule has 0 fully saturated rings. The van der Waals surface area contributed by atoms with Crippen molar-refractivity contribution in [3.63, 3.8) is 0 Å². The first-order valence-electron chi connectivity index (χ1n) is 5.60. The average Bonchev–Trinajstić information content (AvgIpc) is 2.34. The lowest BCUT2D eigenvalue weighted by Crippen LogP contribution is -2.32. The van der Waals surface area contributed by atoms with Crippen LogP contribution in [0, 0.1) is 0 Å². The molecule has 1 aromatic rings. The second-order valence-electron chi connectivity index (χ2n) is 3.70. The van der Waals surface area contributed by atoms with Crippen molar-refractivity contribution in [3.8, 4) is 5.75 Å². The maximum Gasteiger partial charge on any atom is 0.119 e. The summed E-state index contributed by atoms with van der Waals surface area (Å²) in [5.74, 6) is 0.684. The van der Waals surface area contributed by atoms with E-state index < -0.39 is 6.10 Å². The largest absolute Gasteiger partial charge is 0.491 e. The van der Waals surface area contributed by atoms with Crippen molar-refractivity contribution in [1.29, 1.82) is 0 Å². The minimum atomic E-state index is -0.565. The lowest BCUT2D eigenvalue weighted by molar-refractivity contribution is 0.106. The number of hydrogen-bond donors (Lipinski definition) is 3. The highest BCUT2D eigenvalue weighted by Gasteiger charge is 2.04. The van der Waals surface area contributed by atoms with Gasteiger partial charge in [0.25, 0.3) is 0 Å². The van der Waals surface area contributed by atoms with Gasteiger partial charge in [-0.15, -0.1) is 0 Å². The summed E-state index contributed by atoms with van der Waals surface area (Å²) < 4.78 is 5.38. The van der Waals surface area contributed by atoms with Crippen molar-refractivity contribution in [2.75, 3.05) is 26.3 Å². The molecule has 0 aliphatic rings. The molecule has 1 rings (SSSR count). The van der Waals surface area contributed by atoms with Crippen molar-refractivity contribution in [2.24, 2.45) is 0 Å². The van der Waals surface area contributed by atoms with Gasteiger partial charge in [-0.1, -0.05) is 11.6 Å². The third kappa shape index (κ3) is 6.48. The van der Waals surface area contributed by atoms with Crippen LogP contribution in [0.1, 0.15) is 6.42 Å². The summed E-state index contributed by atoms with van der Waals surface area (Å²) in [7, 11) is 0. The Balaban J connectivity index is 2.14. The maximum absolute atomic E-state index is 9.59. The van der Waals surface area contributed by atoms with E-state index in [0.29, 0.717) is 30.3 Å². The lowest BCUT2D eigenvalue weighted by atomic mass is 10.3. The molecule has 3 N–H and O–H groups in total. The van der Waals surface area contributed by atoms with E-state index >= 15 is 0 Å². The summed E-state index contributed by atoms with van der Waals surface area (Å²) in [6.45, 7) is 1.53. The van der Waals surface area contributed by atoms with Crippen LogP contribution in [-0.2, 0) is 0 Å². The highest BCUT2D eigenvalue weighted by atomic mass is 35.5. The molecule has 1 aromatic carbocycles. The Morgan fingerprint density at radius 2 is 2.00 bits per heavy atom. The van der Waals surface area contributed by atoms with Gasteiger partial charge in [0.2, 0.25) is 0 Å². The third-order valence-electron chi connectivity index (χ3n) is 2.15. The molecule has 17 heavy (non-hydrogen) atoms. The molecular weight excluding hydrogens is 242 g/mol. The summed E-state index contributed by atoms with van der Waals surface area (Å²) in [6, 6.07) is 6.99. The van der Waals surface area contributed by atoms with Crippen LogP contribution in [0.25, 0.3) is 0 Å². The molecule has 0 saturated carbocycles. The number of halogens is 1. The Morgan fingerprint density at radius 1 is 1.29 bits per heavy atom. The zero-order valence-corrected chi connectivity index (χ0v) is 10.4. The van der Waals surface area contributed by atoms with Gasteiger partial charge in [0.05, 0.1) is 0 Å². The van der Waals surface area contributed by atoms with E-state index in [4.69, 9.17) is 21.4 Å². The van der Waals surface area contributed by atoms with E-state index in [9.17, 15) is 5.11 Å². The van der Waals surface area contributed by atoms with Gasteiger partial charge >= 0.3 is 0 Å². The quantitative estimate of drug-likeness (QED) is 0.611. The first-order chi connectivity index (χ1) is 8.22. The average molecular weight is 260 g/mol. The van der Waals surface area contributed by atoms with E-state index in [0.717, 1.165) is 0 Å². The van der Waals surface area contributed by atoms with E-state index in [2.05, 4.69) is 5.32 Å². The fourth-order valence-corrected chi connectivity index (χ4v) is 1.38. The molecule has 4 nitrogen and oxygen atoms in total. The van der Waals surface area contributed by atoms with Crippen LogP contribution in [0.5, 0.6) is 5.75 Å². The molecule has 0 amide bonds. The molecule has 0 saturated heterocycles. The molecule has 0 bridgehead atoms. The number of aliphatic hydroxyl groups excluding tert-OH is 2. The highest BCUT2D eigenvalue weighted by molar-refractivity contribution is 6.30. The summed E-state index contributed by atoms with van der Waals surface area (Å²) in [6.07, 6.45) is 0.120. The predicted octanol–water partition coefficient (Wildman–Crippen LogP) is 1.05. The zero-order chi connectivity index (χ0) is 12.5. The fraction of sp³-hybridized carbons (Fsp3) is 0.500. The van der Waals surface area contributed by atoms with Crippen LogP contribution in [-0.4, -0.2) is 42.6 Å². The first kappa shape index (κ1) is 14.3. The SMILES string of the molecule is OCCCNCC(O)COc1ccc(Cl)cc1. The molecule has 1 unspecified atom stereocenters. The Bertz CT molecular complexity index is 305. The first-order valence-corrected chi connectivity index (χ1v) is 5.98. The number of hydrogen-bond acceptors (Lipinski definition) is 4. The lowest BCUT2D eigenvalue weighted by Gasteiger charge is -2.13. The molecule has 0 radical (unpaired) electrons. The standard InChI is InChI=1S/C12H18ClNO3/c13-10-2-4-12(5-3-10)17-9-11(16)8-14-6-1-7-15/h2-5,11,14-16H,1,6-9H2. The minimum Gasteiger partial charge on any atom is -0.491 e. The summed E-state index contributed by atoms with van der Waals surface area (Å²) >= 11 is 5.74. The second-order valence-corrected chi connectivity index (χ2v) is 4.14. The van der Waals surface area contributed by atoms with Crippen molar-refractivity contribution in [1.82, 2.24) is 5.32 Å². The van der Waals surface area contributed by atoms with Crippen LogP contribution < -0.4 is 10.1 Å². The van der Waals surface area contributed by atoms with Gasteiger partial charge in [0, 0.05) is 18.2 Å². The van der Waals surface area contributed by atoms with E-state index in [-0.39, 0.29) is 13.2 Å². The molecule has 0 aromatic heterocycles.